The largest absolute Gasteiger partial charge is 0.490 e. The van der Waals surface area contributed by atoms with E-state index >= 15 is 0 Å². The van der Waals surface area contributed by atoms with Crippen LogP contribution in [0.2, 0.25) is 5.02 Å². The third-order valence-electron chi connectivity index (χ3n) is 2.66. The molecule has 7 heteroatoms. The van der Waals surface area contributed by atoms with Crippen LogP contribution in [0, 0.1) is 11.6 Å². The van der Waals surface area contributed by atoms with Crippen LogP contribution >= 0.6 is 23.8 Å². The van der Waals surface area contributed by atoms with Gasteiger partial charge in [-0.15, -0.1) is 0 Å². The first-order valence-electron chi connectivity index (χ1n) is 6.43. The molecule has 2 N–H and O–H groups in total. The first-order valence-corrected chi connectivity index (χ1v) is 7.22. The van der Waals surface area contributed by atoms with Crippen LogP contribution < -0.4 is 15.4 Å². The molecular formula is C15H13ClF2N2OS. The zero-order valence-electron chi connectivity index (χ0n) is 11.4. The van der Waals surface area contributed by atoms with Crippen LogP contribution in [0.4, 0.5) is 14.5 Å². The minimum absolute atomic E-state index is 0.103. The van der Waals surface area contributed by atoms with Crippen LogP contribution in [0.15, 0.2) is 42.5 Å². The SMILES string of the molecule is Fc1ccc(NC(=S)NCCOc2ccccc2Cl)c(F)c1. The Hall–Kier alpha value is -1.92. The summed E-state index contributed by atoms with van der Waals surface area (Å²) in [6.07, 6.45) is 0. The molecule has 0 unspecified atom stereocenters. The summed E-state index contributed by atoms with van der Waals surface area (Å²) >= 11 is 11.0. The van der Waals surface area contributed by atoms with Gasteiger partial charge in [0, 0.05) is 6.07 Å². The molecule has 22 heavy (non-hydrogen) atoms. The van der Waals surface area contributed by atoms with E-state index in [1.807, 2.05) is 12.1 Å². The van der Waals surface area contributed by atoms with Gasteiger partial charge in [-0.2, -0.15) is 0 Å². The van der Waals surface area contributed by atoms with E-state index in [2.05, 4.69) is 10.6 Å². The van der Waals surface area contributed by atoms with E-state index in [9.17, 15) is 8.78 Å². The van der Waals surface area contributed by atoms with E-state index in [1.54, 1.807) is 12.1 Å². The predicted octanol–water partition coefficient (Wildman–Crippen LogP) is 3.98. The second-order valence-corrected chi connectivity index (χ2v) is 5.10. The number of hydrogen-bond donors (Lipinski definition) is 2. The van der Waals surface area contributed by atoms with Gasteiger partial charge >= 0.3 is 0 Å². The van der Waals surface area contributed by atoms with Crippen LogP contribution in [-0.4, -0.2) is 18.3 Å². The first kappa shape index (κ1) is 16.5. The quantitative estimate of drug-likeness (QED) is 0.636. The van der Waals surface area contributed by atoms with Crippen molar-refractivity contribution in [2.45, 2.75) is 0 Å². The topological polar surface area (TPSA) is 33.3 Å². The van der Waals surface area contributed by atoms with E-state index < -0.39 is 11.6 Å². The Bertz CT molecular complexity index is 670. The van der Waals surface area contributed by atoms with E-state index in [4.69, 9.17) is 28.6 Å². The maximum Gasteiger partial charge on any atom is 0.170 e. The molecule has 0 aliphatic rings. The molecule has 0 amide bonds. The standard InChI is InChI=1S/C15H13ClF2N2OS/c16-11-3-1-2-4-14(11)21-8-7-19-15(22)20-13-6-5-10(17)9-12(13)18/h1-6,9H,7-8H2,(H2,19,20,22). The number of ether oxygens (including phenoxy) is 1. The number of rotatable bonds is 5. The van der Waals surface area contributed by atoms with Gasteiger partial charge in [0.1, 0.15) is 24.0 Å². The number of para-hydroxylation sites is 1. The van der Waals surface area contributed by atoms with Gasteiger partial charge in [0.2, 0.25) is 0 Å². The minimum atomic E-state index is -0.712. The Labute approximate surface area is 137 Å². The van der Waals surface area contributed by atoms with Crippen molar-refractivity contribution in [3.05, 3.63) is 59.1 Å². The van der Waals surface area contributed by atoms with Crippen molar-refractivity contribution in [2.24, 2.45) is 0 Å². The van der Waals surface area contributed by atoms with Crippen molar-refractivity contribution in [3.63, 3.8) is 0 Å². The average molecular weight is 343 g/mol. The number of hydrogen-bond acceptors (Lipinski definition) is 2. The Morgan fingerprint density at radius 1 is 1.18 bits per heavy atom. The van der Waals surface area contributed by atoms with Gasteiger partial charge in [-0.05, 0) is 36.5 Å². The summed E-state index contributed by atoms with van der Waals surface area (Å²) in [7, 11) is 0. The molecule has 0 heterocycles. The molecule has 0 atom stereocenters. The first-order chi connectivity index (χ1) is 10.6. The van der Waals surface area contributed by atoms with E-state index in [-0.39, 0.29) is 10.8 Å². The molecule has 0 spiro atoms. The molecular weight excluding hydrogens is 330 g/mol. The molecule has 2 rings (SSSR count). The van der Waals surface area contributed by atoms with Crippen LogP contribution in [0.1, 0.15) is 0 Å². The summed E-state index contributed by atoms with van der Waals surface area (Å²) in [5.74, 6) is -0.777. The summed E-state index contributed by atoms with van der Waals surface area (Å²) in [5, 5.41) is 6.24. The van der Waals surface area contributed by atoms with Gasteiger partial charge in [-0.1, -0.05) is 23.7 Å². The lowest BCUT2D eigenvalue weighted by Crippen LogP contribution is -2.32. The minimum Gasteiger partial charge on any atom is -0.490 e. The van der Waals surface area contributed by atoms with Gasteiger partial charge in [0.15, 0.2) is 5.11 Å². The van der Waals surface area contributed by atoms with Crippen LogP contribution in [-0.2, 0) is 0 Å². The predicted molar refractivity (Wildman–Crippen MR) is 87.5 cm³/mol. The van der Waals surface area contributed by atoms with Gasteiger partial charge in [-0.3, -0.25) is 0 Å². The highest BCUT2D eigenvalue weighted by molar-refractivity contribution is 7.80. The summed E-state index contributed by atoms with van der Waals surface area (Å²) in [4.78, 5) is 0. The van der Waals surface area contributed by atoms with Gasteiger partial charge < -0.3 is 15.4 Å². The zero-order chi connectivity index (χ0) is 15.9. The number of halogens is 3. The van der Waals surface area contributed by atoms with Crippen LogP contribution in [0.3, 0.4) is 0 Å². The molecule has 0 aromatic heterocycles. The van der Waals surface area contributed by atoms with E-state index in [0.29, 0.717) is 23.9 Å². The molecule has 0 saturated carbocycles. The molecule has 0 radical (unpaired) electrons. The number of benzene rings is 2. The molecule has 0 fully saturated rings. The third kappa shape index (κ3) is 4.82. The van der Waals surface area contributed by atoms with Crippen molar-refractivity contribution in [1.29, 1.82) is 0 Å². The molecule has 2 aromatic rings. The molecule has 0 aliphatic carbocycles. The normalized spacial score (nSPS) is 10.1. The summed E-state index contributed by atoms with van der Waals surface area (Å²) in [6.45, 7) is 0.733. The number of anilines is 1. The molecule has 0 aliphatic heterocycles. The van der Waals surface area contributed by atoms with Crippen molar-refractivity contribution in [1.82, 2.24) is 5.32 Å². The fourth-order valence-electron chi connectivity index (χ4n) is 1.64. The second kappa shape index (κ2) is 7.91. The highest BCUT2D eigenvalue weighted by Gasteiger charge is 2.05. The zero-order valence-corrected chi connectivity index (χ0v) is 13.0. The van der Waals surface area contributed by atoms with Crippen molar-refractivity contribution >= 4 is 34.6 Å². The highest BCUT2D eigenvalue weighted by atomic mass is 35.5. The Morgan fingerprint density at radius 3 is 2.68 bits per heavy atom. The van der Waals surface area contributed by atoms with Crippen molar-refractivity contribution in [2.75, 3.05) is 18.5 Å². The maximum atomic E-state index is 13.4. The smallest absolute Gasteiger partial charge is 0.170 e. The monoisotopic (exact) mass is 342 g/mol. The number of thiocarbonyl (C=S) groups is 1. The lowest BCUT2D eigenvalue weighted by molar-refractivity contribution is 0.323. The third-order valence-corrected chi connectivity index (χ3v) is 3.22. The fraction of sp³-hybridized carbons (Fsp3) is 0.133. The maximum absolute atomic E-state index is 13.4. The van der Waals surface area contributed by atoms with Crippen LogP contribution in [0.25, 0.3) is 0 Å². The summed E-state index contributed by atoms with van der Waals surface area (Å²) in [5.41, 5.74) is 0.103. The average Bonchev–Trinajstić information content (AvgIpc) is 2.48. The molecule has 0 bridgehead atoms. The highest BCUT2D eigenvalue weighted by Crippen LogP contribution is 2.22. The van der Waals surface area contributed by atoms with Crippen molar-refractivity contribution in [3.8, 4) is 5.75 Å². The lowest BCUT2D eigenvalue weighted by atomic mass is 10.3. The van der Waals surface area contributed by atoms with E-state index in [0.717, 1.165) is 12.1 Å². The summed E-state index contributed by atoms with van der Waals surface area (Å²) in [6, 6.07) is 10.3. The Kier molecular flexibility index (Phi) is 5.91. The Morgan fingerprint density at radius 2 is 1.95 bits per heavy atom. The molecule has 2 aromatic carbocycles. The van der Waals surface area contributed by atoms with Crippen molar-refractivity contribution < 1.29 is 13.5 Å². The van der Waals surface area contributed by atoms with Gasteiger partial charge in [0.25, 0.3) is 0 Å². The lowest BCUT2D eigenvalue weighted by Gasteiger charge is -2.12. The molecule has 116 valence electrons. The Balaban J connectivity index is 1.75. The van der Waals surface area contributed by atoms with E-state index in [1.165, 1.54) is 6.07 Å². The van der Waals surface area contributed by atoms with Gasteiger partial charge in [0.05, 0.1) is 17.3 Å². The summed E-state index contributed by atoms with van der Waals surface area (Å²) < 4.78 is 31.7. The fourth-order valence-corrected chi connectivity index (χ4v) is 2.05. The molecule has 0 saturated heterocycles. The van der Waals surface area contributed by atoms with Crippen LogP contribution in [0.5, 0.6) is 5.75 Å². The number of nitrogens with one attached hydrogen (secondary N) is 2. The second-order valence-electron chi connectivity index (χ2n) is 4.28. The van der Waals surface area contributed by atoms with Gasteiger partial charge in [-0.25, -0.2) is 8.78 Å². The molecule has 3 nitrogen and oxygen atoms in total.